The van der Waals surface area contributed by atoms with Crippen LogP contribution in [0.1, 0.15) is 56.8 Å². The van der Waals surface area contributed by atoms with Crippen LogP contribution in [0, 0.1) is 0 Å². The Morgan fingerprint density at radius 1 is 1.42 bits per heavy atom. The molecule has 5 heteroatoms. The molecule has 3 rings (SSSR count). The van der Waals surface area contributed by atoms with Gasteiger partial charge in [0.25, 0.3) is 0 Å². The molecule has 2 atom stereocenters. The van der Waals surface area contributed by atoms with Gasteiger partial charge in [-0.25, -0.2) is 0 Å². The quantitative estimate of drug-likeness (QED) is 0.877. The molecular weight excluding hydrogens is 240 g/mol. The highest BCUT2D eigenvalue weighted by molar-refractivity contribution is 5.04. The van der Waals surface area contributed by atoms with E-state index in [0.717, 1.165) is 31.9 Å². The highest BCUT2D eigenvalue weighted by Crippen LogP contribution is 2.38. The van der Waals surface area contributed by atoms with E-state index < -0.39 is 0 Å². The smallest absolute Gasteiger partial charge is 0.137 e. The summed E-state index contributed by atoms with van der Waals surface area (Å²) in [6, 6.07) is 0.654. The lowest BCUT2D eigenvalue weighted by Crippen LogP contribution is -2.39. The van der Waals surface area contributed by atoms with Crippen LogP contribution in [0.2, 0.25) is 0 Å². The van der Waals surface area contributed by atoms with Crippen molar-refractivity contribution >= 4 is 0 Å². The summed E-state index contributed by atoms with van der Waals surface area (Å²) in [7, 11) is 0. The molecule has 1 aliphatic carbocycles. The van der Waals surface area contributed by atoms with Gasteiger partial charge in [0.15, 0.2) is 0 Å². The molecule has 0 radical (unpaired) electrons. The average molecular weight is 264 g/mol. The SMILES string of the molecule is CC[C@@H](O)CN1CCC[C@@H](c2nncn2C2CC2)C1. The van der Waals surface area contributed by atoms with E-state index in [0.29, 0.717) is 12.0 Å². The molecule has 1 N–H and O–H groups in total. The van der Waals surface area contributed by atoms with Gasteiger partial charge in [0.05, 0.1) is 6.10 Å². The fourth-order valence-corrected chi connectivity index (χ4v) is 3.04. The molecule has 1 aromatic rings. The van der Waals surface area contributed by atoms with Crippen LogP contribution in [-0.2, 0) is 0 Å². The highest BCUT2D eigenvalue weighted by atomic mass is 16.3. The van der Waals surface area contributed by atoms with Gasteiger partial charge in [-0.1, -0.05) is 6.92 Å². The van der Waals surface area contributed by atoms with Gasteiger partial charge in [-0.05, 0) is 38.6 Å². The predicted octanol–water partition coefficient (Wildman–Crippen LogP) is 1.56. The Hall–Kier alpha value is -0.940. The molecule has 0 unspecified atom stereocenters. The Bertz CT molecular complexity index is 415. The first-order valence-corrected chi connectivity index (χ1v) is 7.57. The van der Waals surface area contributed by atoms with Crippen LogP contribution in [-0.4, -0.2) is 50.5 Å². The van der Waals surface area contributed by atoms with Crippen LogP contribution in [0.5, 0.6) is 0 Å². The molecule has 2 aliphatic rings. The lowest BCUT2D eigenvalue weighted by Gasteiger charge is -2.33. The molecule has 0 spiro atoms. The van der Waals surface area contributed by atoms with Crippen LogP contribution >= 0.6 is 0 Å². The molecule has 5 nitrogen and oxygen atoms in total. The third kappa shape index (κ3) is 2.98. The largest absolute Gasteiger partial charge is 0.392 e. The second kappa shape index (κ2) is 5.59. The second-order valence-corrected chi connectivity index (χ2v) is 5.99. The lowest BCUT2D eigenvalue weighted by atomic mass is 9.96. The molecule has 2 heterocycles. The van der Waals surface area contributed by atoms with Gasteiger partial charge in [0.1, 0.15) is 12.2 Å². The van der Waals surface area contributed by atoms with Crippen LogP contribution in [0.25, 0.3) is 0 Å². The average Bonchev–Trinajstić information content (AvgIpc) is 3.16. The first-order valence-electron chi connectivity index (χ1n) is 7.57. The van der Waals surface area contributed by atoms with E-state index in [1.54, 1.807) is 0 Å². The van der Waals surface area contributed by atoms with Crippen LogP contribution in [0.4, 0.5) is 0 Å². The molecule has 106 valence electrons. The van der Waals surface area contributed by atoms with Gasteiger partial charge in [-0.3, -0.25) is 0 Å². The van der Waals surface area contributed by atoms with Crippen LogP contribution < -0.4 is 0 Å². The lowest BCUT2D eigenvalue weighted by molar-refractivity contribution is 0.0914. The zero-order chi connectivity index (χ0) is 13.2. The van der Waals surface area contributed by atoms with Gasteiger partial charge < -0.3 is 14.6 Å². The van der Waals surface area contributed by atoms with Crippen molar-refractivity contribution in [1.29, 1.82) is 0 Å². The summed E-state index contributed by atoms with van der Waals surface area (Å²) in [5, 5.41) is 18.3. The predicted molar refractivity (Wildman–Crippen MR) is 73.0 cm³/mol. The number of aromatic nitrogens is 3. The van der Waals surface area contributed by atoms with Crippen molar-refractivity contribution in [3.05, 3.63) is 12.2 Å². The molecule has 0 aromatic carbocycles. The zero-order valence-electron chi connectivity index (χ0n) is 11.7. The monoisotopic (exact) mass is 264 g/mol. The number of rotatable bonds is 5. The molecule has 2 fully saturated rings. The fourth-order valence-electron chi connectivity index (χ4n) is 3.04. The highest BCUT2D eigenvalue weighted by Gasteiger charge is 2.31. The zero-order valence-corrected chi connectivity index (χ0v) is 11.7. The Kier molecular flexibility index (Phi) is 3.84. The van der Waals surface area contributed by atoms with Crippen molar-refractivity contribution < 1.29 is 5.11 Å². The number of aliphatic hydroxyl groups excluding tert-OH is 1. The van der Waals surface area contributed by atoms with E-state index in [1.807, 2.05) is 13.3 Å². The van der Waals surface area contributed by atoms with E-state index in [-0.39, 0.29) is 6.10 Å². The Morgan fingerprint density at radius 2 is 2.26 bits per heavy atom. The Morgan fingerprint density at radius 3 is 3.00 bits per heavy atom. The fraction of sp³-hybridized carbons (Fsp3) is 0.857. The minimum Gasteiger partial charge on any atom is -0.392 e. The first kappa shape index (κ1) is 13.1. The number of hydrogen-bond donors (Lipinski definition) is 1. The summed E-state index contributed by atoms with van der Waals surface area (Å²) in [6.07, 6.45) is 7.47. The van der Waals surface area contributed by atoms with E-state index in [1.165, 1.54) is 25.7 Å². The summed E-state index contributed by atoms with van der Waals surface area (Å²) in [4.78, 5) is 2.38. The van der Waals surface area contributed by atoms with Crippen molar-refractivity contribution in [3.8, 4) is 0 Å². The number of β-amino-alcohol motifs (C(OH)–C–C–N with tert-alkyl or cyclic N) is 1. The van der Waals surface area contributed by atoms with E-state index >= 15 is 0 Å². The third-order valence-corrected chi connectivity index (χ3v) is 4.35. The van der Waals surface area contributed by atoms with Gasteiger partial charge >= 0.3 is 0 Å². The van der Waals surface area contributed by atoms with Crippen molar-refractivity contribution in [3.63, 3.8) is 0 Å². The minimum atomic E-state index is -0.194. The van der Waals surface area contributed by atoms with Crippen molar-refractivity contribution in [2.45, 2.75) is 57.1 Å². The summed E-state index contributed by atoms with van der Waals surface area (Å²) >= 11 is 0. The third-order valence-electron chi connectivity index (χ3n) is 4.35. The normalized spacial score (nSPS) is 26.5. The van der Waals surface area contributed by atoms with Gasteiger partial charge in [-0.15, -0.1) is 10.2 Å². The van der Waals surface area contributed by atoms with Crippen molar-refractivity contribution in [2.75, 3.05) is 19.6 Å². The first-order chi connectivity index (χ1) is 9.28. The molecular formula is C14H24N4O. The number of nitrogens with zero attached hydrogens (tertiary/aromatic N) is 4. The van der Waals surface area contributed by atoms with E-state index in [9.17, 15) is 5.11 Å². The molecule has 0 bridgehead atoms. The standard InChI is InChI=1S/C14H24N4O/c1-2-13(19)9-17-7-3-4-11(8-17)14-16-15-10-18(14)12-5-6-12/h10-13,19H,2-9H2,1H3/t11-,13-/m1/s1. The van der Waals surface area contributed by atoms with E-state index in [4.69, 9.17) is 0 Å². The minimum absolute atomic E-state index is 0.194. The molecule has 1 aliphatic heterocycles. The topological polar surface area (TPSA) is 54.2 Å². The molecule has 0 amide bonds. The van der Waals surface area contributed by atoms with Gasteiger partial charge in [0, 0.05) is 25.0 Å². The van der Waals surface area contributed by atoms with Crippen LogP contribution in [0.15, 0.2) is 6.33 Å². The maximum Gasteiger partial charge on any atom is 0.137 e. The summed E-state index contributed by atoms with van der Waals surface area (Å²) < 4.78 is 2.28. The van der Waals surface area contributed by atoms with Crippen LogP contribution in [0.3, 0.4) is 0 Å². The van der Waals surface area contributed by atoms with Gasteiger partial charge in [-0.2, -0.15) is 0 Å². The maximum atomic E-state index is 9.80. The summed E-state index contributed by atoms with van der Waals surface area (Å²) in [5.41, 5.74) is 0. The molecule has 1 saturated carbocycles. The van der Waals surface area contributed by atoms with Crippen molar-refractivity contribution in [2.24, 2.45) is 0 Å². The Labute approximate surface area is 114 Å². The van der Waals surface area contributed by atoms with E-state index in [2.05, 4.69) is 19.7 Å². The van der Waals surface area contributed by atoms with Crippen molar-refractivity contribution in [1.82, 2.24) is 19.7 Å². The maximum absolute atomic E-state index is 9.80. The summed E-state index contributed by atoms with van der Waals surface area (Å²) in [5.74, 6) is 1.65. The molecule has 1 saturated heterocycles. The Balaban J connectivity index is 1.65. The molecule has 1 aromatic heterocycles. The molecule has 19 heavy (non-hydrogen) atoms. The number of likely N-dealkylation sites (tertiary alicyclic amines) is 1. The number of hydrogen-bond acceptors (Lipinski definition) is 4. The van der Waals surface area contributed by atoms with Gasteiger partial charge in [0.2, 0.25) is 0 Å². The number of piperidine rings is 1. The summed E-state index contributed by atoms with van der Waals surface area (Å²) in [6.45, 7) is 4.95. The number of aliphatic hydroxyl groups is 1. The second-order valence-electron chi connectivity index (χ2n) is 5.99.